The maximum absolute atomic E-state index is 13.2. The molecule has 0 spiro atoms. The second kappa shape index (κ2) is 10.3. The lowest BCUT2D eigenvalue weighted by Crippen LogP contribution is -2.44. The number of aryl methyl sites for hydroxylation is 1. The summed E-state index contributed by atoms with van der Waals surface area (Å²) in [5.41, 5.74) is -6.39. The Labute approximate surface area is 238 Å². The molecule has 1 heterocycles. The van der Waals surface area contributed by atoms with E-state index in [0.29, 0.717) is 42.8 Å². The summed E-state index contributed by atoms with van der Waals surface area (Å²) in [6.07, 6.45) is 4.33. The van der Waals surface area contributed by atoms with E-state index >= 15 is 0 Å². The normalized spacial score (nSPS) is 27.5. The smallest absolute Gasteiger partial charge is 0.369 e. The van der Waals surface area contributed by atoms with Gasteiger partial charge in [-0.25, -0.2) is 4.98 Å². The molecule has 1 amide bonds. The second-order valence-electron chi connectivity index (χ2n) is 11.3. The van der Waals surface area contributed by atoms with E-state index in [1.165, 1.54) is 17.4 Å². The van der Waals surface area contributed by atoms with Gasteiger partial charge in [0.1, 0.15) is 5.78 Å². The predicted molar refractivity (Wildman–Crippen MR) is 142 cm³/mol. The molecule has 15 heteroatoms. The monoisotopic (exact) mass is 615 g/mol. The Morgan fingerprint density at radius 2 is 2.05 bits per heavy atom. The molecule has 0 bridgehead atoms. The number of carbonyl (C=O) groups is 2. The van der Waals surface area contributed by atoms with Crippen LogP contribution in [0.3, 0.4) is 0 Å². The molecule has 3 aliphatic rings. The number of anilines is 1. The van der Waals surface area contributed by atoms with E-state index in [1.807, 2.05) is 13.8 Å². The molecule has 5 atom stereocenters. The number of fused-ring (bicyclic) bond motifs is 5. The van der Waals surface area contributed by atoms with E-state index in [9.17, 15) is 41.3 Å². The van der Waals surface area contributed by atoms with Gasteiger partial charge in [0.2, 0.25) is 11.7 Å². The summed E-state index contributed by atoms with van der Waals surface area (Å²) in [6, 6.07) is 2.33. The molecule has 222 valence electrons. The highest BCUT2D eigenvalue weighted by atomic mass is 32.2. The number of hydrogen-bond donors (Lipinski definition) is 1. The van der Waals surface area contributed by atoms with Crippen LogP contribution in [0.2, 0.25) is 0 Å². The highest BCUT2D eigenvalue weighted by Gasteiger charge is 2.59. The van der Waals surface area contributed by atoms with Gasteiger partial charge in [-0.05, 0) is 74.3 Å². The SMILES string of the molecule is Cc1cnc(NC(=O)CC[C@@H]2CC(=O)[C@@]3(C)CCC4c5ccc(OS(=O)(=O)C(F)(F)F)c([N+](=O)[O-])c5CCC4C23)s1. The first kappa shape index (κ1) is 29.4. The summed E-state index contributed by atoms with van der Waals surface area (Å²) < 4.78 is 66.2. The minimum absolute atomic E-state index is 0.0346. The Morgan fingerprint density at radius 3 is 2.68 bits per heavy atom. The van der Waals surface area contributed by atoms with Crippen LogP contribution in [0, 0.1) is 40.2 Å². The van der Waals surface area contributed by atoms with Crippen molar-refractivity contribution in [1.82, 2.24) is 4.98 Å². The van der Waals surface area contributed by atoms with Crippen molar-refractivity contribution >= 4 is 44.0 Å². The van der Waals surface area contributed by atoms with Crippen LogP contribution in [-0.2, 0) is 26.1 Å². The van der Waals surface area contributed by atoms with Crippen LogP contribution in [0.4, 0.5) is 24.0 Å². The number of nitro benzene ring substituents is 1. The quantitative estimate of drug-likeness (QED) is 0.182. The molecule has 0 radical (unpaired) electrons. The maximum atomic E-state index is 13.2. The van der Waals surface area contributed by atoms with Gasteiger partial charge < -0.3 is 9.50 Å². The lowest BCUT2D eigenvalue weighted by molar-refractivity contribution is -0.386. The average molecular weight is 616 g/mol. The summed E-state index contributed by atoms with van der Waals surface area (Å²) in [4.78, 5) is 42.0. The first-order valence-corrected chi connectivity index (χ1v) is 15.4. The molecule has 3 aliphatic carbocycles. The summed E-state index contributed by atoms with van der Waals surface area (Å²) in [6.45, 7) is 3.83. The number of hydrogen-bond acceptors (Lipinski definition) is 9. The molecule has 41 heavy (non-hydrogen) atoms. The summed E-state index contributed by atoms with van der Waals surface area (Å²) >= 11 is 1.37. The highest BCUT2D eigenvalue weighted by molar-refractivity contribution is 7.88. The van der Waals surface area contributed by atoms with E-state index in [0.717, 1.165) is 10.9 Å². The zero-order chi connectivity index (χ0) is 29.9. The van der Waals surface area contributed by atoms with Crippen LogP contribution in [-0.4, -0.2) is 35.5 Å². The molecule has 1 aromatic heterocycles. The number of halogens is 3. The molecular weight excluding hydrogens is 587 g/mol. The standard InChI is InChI=1S/C26H28F3N3O7S2/c1-13-12-30-24(40-13)31-21(34)8-3-14-11-20(33)25(2)10-9-16-15-6-7-19(39-41(37,38)26(27,28)29)23(32(35)36)18(15)5-4-17(16)22(14)25/h6-7,12,14,16-17,22H,3-5,8-11H2,1-2H3,(H,30,31,34)/t14-,16?,17?,22?,25-/m1/s1. The third kappa shape index (κ3) is 5.22. The molecule has 5 rings (SSSR count). The van der Waals surface area contributed by atoms with Crippen LogP contribution in [0.15, 0.2) is 18.3 Å². The van der Waals surface area contributed by atoms with Crippen molar-refractivity contribution in [2.75, 3.05) is 5.32 Å². The number of carbonyl (C=O) groups excluding carboxylic acids is 2. The number of rotatable bonds is 7. The first-order chi connectivity index (χ1) is 19.1. The van der Waals surface area contributed by atoms with Crippen molar-refractivity contribution in [2.24, 2.45) is 23.2 Å². The molecule has 2 aromatic rings. The summed E-state index contributed by atoms with van der Waals surface area (Å²) in [5.74, 6) is -1.41. The molecule has 10 nitrogen and oxygen atoms in total. The Balaban J connectivity index is 1.41. The Hall–Kier alpha value is -3.07. The van der Waals surface area contributed by atoms with Crippen LogP contribution in [0.5, 0.6) is 5.75 Å². The van der Waals surface area contributed by atoms with Gasteiger partial charge in [-0.3, -0.25) is 19.7 Å². The van der Waals surface area contributed by atoms with Crippen molar-refractivity contribution in [3.63, 3.8) is 0 Å². The fraction of sp³-hybridized carbons (Fsp3) is 0.577. The van der Waals surface area contributed by atoms with Crippen molar-refractivity contribution < 1.29 is 40.3 Å². The molecule has 2 saturated carbocycles. The van der Waals surface area contributed by atoms with Crippen LogP contribution in [0.1, 0.15) is 67.4 Å². The lowest BCUT2D eigenvalue weighted by Gasteiger charge is -2.49. The van der Waals surface area contributed by atoms with Gasteiger partial charge in [0, 0.05) is 34.9 Å². The van der Waals surface area contributed by atoms with E-state index in [4.69, 9.17) is 0 Å². The minimum atomic E-state index is -6.10. The van der Waals surface area contributed by atoms with Crippen LogP contribution < -0.4 is 9.50 Å². The van der Waals surface area contributed by atoms with E-state index < -0.39 is 37.4 Å². The molecule has 0 saturated heterocycles. The molecular formula is C26H28F3N3O7S2. The number of nitrogens with one attached hydrogen (secondary N) is 1. The highest BCUT2D eigenvalue weighted by Crippen LogP contribution is 2.63. The fourth-order valence-corrected chi connectivity index (χ4v) is 8.44. The zero-order valence-electron chi connectivity index (χ0n) is 22.2. The molecule has 2 fully saturated rings. The number of nitro groups is 1. The first-order valence-electron chi connectivity index (χ1n) is 13.2. The average Bonchev–Trinajstić information content (AvgIpc) is 3.40. The third-order valence-electron chi connectivity index (χ3n) is 8.97. The van der Waals surface area contributed by atoms with Crippen molar-refractivity contribution in [1.29, 1.82) is 0 Å². The zero-order valence-corrected chi connectivity index (χ0v) is 23.8. The minimum Gasteiger partial charge on any atom is -0.369 e. The number of amides is 1. The van der Waals surface area contributed by atoms with Gasteiger partial charge in [0.15, 0.2) is 5.13 Å². The Bertz CT molecular complexity index is 1520. The Kier molecular flexibility index (Phi) is 7.41. The number of ketones is 1. The predicted octanol–water partition coefficient (Wildman–Crippen LogP) is 5.66. The molecule has 1 N–H and O–H groups in total. The van der Waals surface area contributed by atoms with Crippen molar-refractivity contribution in [2.45, 2.75) is 70.2 Å². The van der Waals surface area contributed by atoms with Gasteiger partial charge in [-0.15, -0.1) is 11.3 Å². The fourth-order valence-electron chi connectivity index (χ4n) is 7.30. The van der Waals surface area contributed by atoms with Crippen molar-refractivity contribution in [3.05, 3.63) is 44.4 Å². The van der Waals surface area contributed by atoms with Gasteiger partial charge in [0.25, 0.3) is 0 Å². The molecule has 0 aliphatic heterocycles. The number of benzene rings is 1. The van der Waals surface area contributed by atoms with E-state index in [2.05, 4.69) is 14.5 Å². The molecule has 1 aromatic carbocycles. The molecule has 3 unspecified atom stereocenters. The van der Waals surface area contributed by atoms with Crippen LogP contribution in [0.25, 0.3) is 0 Å². The van der Waals surface area contributed by atoms with Gasteiger partial charge >= 0.3 is 21.3 Å². The number of aromatic nitrogens is 1. The third-order valence-corrected chi connectivity index (χ3v) is 10.8. The number of thiazole rings is 1. The van der Waals surface area contributed by atoms with Gasteiger partial charge in [-0.2, -0.15) is 21.6 Å². The second-order valence-corrected chi connectivity index (χ2v) is 14.0. The summed E-state index contributed by atoms with van der Waals surface area (Å²) in [7, 11) is -6.10. The number of alkyl halides is 3. The maximum Gasteiger partial charge on any atom is 0.534 e. The van der Waals surface area contributed by atoms with Gasteiger partial charge in [-0.1, -0.05) is 13.0 Å². The Morgan fingerprint density at radius 1 is 1.32 bits per heavy atom. The number of nitrogens with zero attached hydrogens (tertiary/aromatic N) is 2. The summed E-state index contributed by atoms with van der Waals surface area (Å²) in [5, 5.41) is 15.3. The van der Waals surface area contributed by atoms with Crippen LogP contribution >= 0.6 is 11.3 Å². The topological polar surface area (TPSA) is 146 Å². The lowest BCUT2D eigenvalue weighted by atomic mass is 9.54. The van der Waals surface area contributed by atoms with Gasteiger partial charge in [0.05, 0.1) is 4.92 Å². The number of Topliss-reactive ketones (excluding diaryl/α,β-unsaturated/α-hetero) is 1. The van der Waals surface area contributed by atoms with E-state index in [1.54, 1.807) is 6.20 Å². The largest absolute Gasteiger partial charge is 0.534 e. The van der Waals surface area contributed by atoms with Crippen molar-refractivity contribution in [3.8, 4) is 5.75 Å². The van der Waals surface area contributed by atoms with E-state index in [-0.39, 0.29) is 53.8 Å².